The summed E-state index contributed by atoms with van der Waals surface area (Å²) in [6.45, 7) is 4.00. The van der Waals surface area contributed by atoms with E-state index in [0.717, 1.165) is 11.1 Å². The van der Waals surface area contributed by atoms with Crippen molar-refractivity contribution in [1.82, 2.24) is 4.98 Å². The van der Waals surface area contributed by atoms with Gasteiger partial charge in [0, 0.05) is 18.5 Å². The van der Waals surface area contributed by atoms with Gasteiger partial charge in [0.25, 0.3) is 0 Å². The van der Waals surface area contributed by atoms with E-state index >= 15 is 0 Å². The normalized spacial score (nSPS) is 13.7. The van der Waals surface area contributed by atoms with Gasteiger partial charge in [-0.3, -0.25) is 4.98 Å². The minimum absolute atomic E-state index is 0.0161. The third-order valence-electron chi connectivity index (χ3n) is 3.36. The molecule has 1 aromatic carbocycles. The molecule has 0 amide bonds. The molecule has 0 saturated heterocycles. The lowest BCUT2D eigenvalue weighted by atomic mass is 9.89. The Bertz CT molecular complexity index is 539. The Morgan fingerprint density at radius 1 is 1.10 bits per heavy atom. The molecule has 2 rings (SSSR count). The molecule has 0 fully saturated rings. The Morgan fingerprint density at radius 3 is 2.40 bits per heavy atom. The van der Waals surface area contributed by atoms with Gasteiger partial charge < -0.3 is 10.2 Å². The molecule has 0 bridgehead atoms. The number of rotatable bonds is 6. The summed E-state index contributed by atoms with van der Waals surface area (Å²) < 4.78 is 0. The van der Waals surface area contributed by atoms with Crippen LogP contribution in [0.1, 0.15) is 29.7 Å². The third kappa shape index (κ3) is 3.53. The van der Waals surface area contributed by atoms with Crippen molar-refractivity contribution in [2.24, 2.45) is 0 Å². The molecule has 0 unspecified atom stereocenters. The number of nitrogens with zero attached hydrogens (tertiary/aromatic N) is 1. The highest BCUT2D eigenvalue weighted by Gasteiger charge is 2.18. The van der Waals surface area contributed by atoms with E-state index in [1.165, 1.54) is 0 Å². The van der Waals surface area contributed by atoms with Crippen LogP contribution in [0.3, 0.4) is 0 Å². The number of hydrogen-bond acceptors (Lipinski definition) is 3. The SMILES string of the molecule is C=C(C[C@H](O)c1ccccn1)[C@@H](CO)c1ccccc1. The zero-order chi connectivity index (χ0) is 14.4. The zero-order valence-electron chi connectivity index (χ0n) is 11.3. The molecule has 0 aliphatic carbocycles. The zero-order valence-corrected chi connectivity index (χ0v) is 11.3. The molecule has 0 radical (unpaired) electrons. The lowest BCUT2D eigenvalue weighted by Crippen LogP contribution is -2.10. The van der Waals surface area contributed by atoms with Crippen molar-refractivity contribution in [2.75, 3.05) is 6.61 Å². The van der Waals surface area contributed by atoms with E-state index in [1.807, 2.05) is 42.5 Å². The molecule has 0 aliphatic heterocycles. The molecule has 3 nitrogen and oxygen atoms in total. The highest BCUT2D eigenvalue weighted by Crippen LogP contribution is 2.29. The standard InChI is InChI=1S/C17H19NO2/c1-13(11-17(20)16-9-5-6-10-18-16)15(12-19)14-7-3-2-4-8-14/h2-10,15,17,19-20H,1,11-12H2/t15-,17+/m1/s1. The van der Waals surface area contributed by atoms with E-state index in [4.69, 9.17) is 0 Å². The Labute approximate surface area is 119 Å². The molecule has 20 heavy (non-hydrogen) atoms. The number of aliphatic hydroxyl groups is 2. The van der Waals surface area contributed by atoms with Gasteiger partial charge in [-0.2, -0.15) is 0 Å². The Hall–Kier alpha value is -1.97. The van der Waals surface area contributed by atoms with E-state index in [1.54, 1.807) is 12.3 Å². The smallest absolute Gasteiger partial charge is 0.0996 e. The van der Waals surface area contributed by atoms with Crippen molar-refractivity contribution in [3.05, 3.63) is 78.1 Å². The van der Waals surface area contributed by atoms with Crippen molar-refractivity contribution in [1.29, 1.82) is 0 Å². The summed E-state index contributed by atoms with van der Waals surface area (Å²) in [6, 6.07) is 15.2. The van der Waals surface area contributed by atoms with Crippen LogP contribution in [0.5, 0.6) is 0 Å². The molecule has 3 heteroatoms. The van der Waals surface area contributed by atoms with Crippen molar-refractivity contribution in [3.63, 3.8) is 0 Å². The van der Waals surface area contributed by atoms with Crippen LogP contribution in [0.25, 0.3) is 0 Å². The minimum Gasteiger partial charge on any atom is -0.395 e. The molecule has 2 aromatic rings. The van der Waals surface area contributed by atoms with Gasteiger partial charge in [-0.05, 0) is 17.7 Å². The summed E-state index contributed by atoms with van der Waals surface area (Å²) in [5, 5.41) is 19.8. The van der Waals surface area contributed by atoms with Crippen molar-refractivity contribution in [2.45, 2.75) is 18.4 Å². The van der Waals surface area contributed by atoms with E-state index in [2.05, 4.69) is 11.6 Å². The maximum absolute atomic E-state index is 10.2. The molecule has 0 spiro atoms. The molecule has 104 valence electrons. The average molecular weight is 269 g/mol. The van der Waals surface area contributed by atoms with Crippen LogP contribution in [-0.4, -0.2) is 21.8 Å². The van der Waals surface area contributed by atoms with Gasteiger partial charge in [0.15, 0.2) is 0 Å². The molecular weight excluding hydrogens is 250 g/mol. The first-order valence-electron chi connectivity index (χ1n) is 6.65. The van der Waals surface area contributed by atoms with Crippen molar-refractivity contribution < 1.29 is 10.2 Å². The highest BCUT2D eigenvalue weighted by molar-refractivity contribution is 5.28. The second-order valence-corrected chi connectivity index (χ2v) is 4.78. The van der Waals surface area contributed by atoms with Crippen LogP contribution < -0.4 is 0 Å². The summed E-state index contributed by atoms with van der Waals surface area (Å²) in [5.41, 5.74) is 2.43. The fourth-order valence-corrected chi connectivity index (χ4v) is 2.22. The van der Waals surface area contributed by atoms with E-state index in [-0.39, 0.29) is 12.5 Å². The van der Waals surface area contributed by atoms with E-state index in [0.29, 0.717) is 12.1 Å². The second kappa shape index (κ2) is 6.98. The topological polar surface area (TPSA) is 53.4 Å². The minimum atomic E-state index is -0.693. The van der Waals surface area contributed by atoms with Crippen molar-refractivity contribution >= 4 is 0 Å². The van der Waals surface area contributed by atoms with Gasteiger partial charge in [-0.1, -0.05) is 48.6 Å². The summed E-state index contributed by atoms with van der Waals surface area (Å²) in [4.78, 5) is 4.14. The number of aromatic nitrogens is 1. The first kappa shape index (κ1) is 14.4. The first-order chi connectivity index (χ1) is 9.72. The molecule has 2 N–H and O–H groups in total. The van der Waals surface area contributed by atoms with Crippen LogP contribution in [0.4, 0.5) is 0 Å². The molecule has 2 atom stereocenters. The van der Waals surface area contributed by atoms with E-state index in [9.17, 15) is 10.2 Å². The lowest BCUT2D eigenvalue weighted by molar-refractivity contribution is 0.168. The highest BCUT2D eigenvalue weighted by atomic mass is 16.3. The van der Waals surface area contributed by atoms with Gasteiger partial charge >= 0.3 is 0 Å². The van der Waals surface area contributed by atoms with Gasteiger partial charge in [0.1, 0.15) is 0 Å². The molecule has 1 aromatic heterocycles. The quantitative estimate of drug-likeness (QED) is 0.793. The van der Waals surface area contributed by atoms with Crippen LogP contribution >= 0.6 is 0 Å². The predicted octanol–water partition coefficient (Wildman–Crippen LogP) is 2.84. The summed E-state index contributed by atoms with van der Waals surface area (Å²) in [5.74, 6) is -0.158. The second-order valence-electron chi connectivity index (χ2n) is 4.78. The first-order valence-corrected chi connectivity index (χ1v) is 6.65. The fourth-order valence-electron chi connectivity index (χ4n) is 2.22. The summed E-state index contributed by atoms with van der Waals surface area (Å²) in [7, 11) is 0. The van der Waals surface area contributed by atoms with Crippen LogP contribution in [0.2, 0.25) is 0 Å². The predicted molar refractivity (Wildman–Crippen MR) is 79.2 cm³/mol. The Morgan fingerprint density at radius 2 is 1.80 bits per heavy atom. The summed E-state index contributed by atoms with van der Waals surface area (Å²) >= 11 is 0. The number of hydrogen-bond donors (Lipinski definition) is 2. The number of benzene rings is 1. The van der Waals surface area contributed by atoms with Gasteiger partial charge in [-0.25, -0.2) is 0 Å². The summed E-state index contributed by atoms with van der Waals surface area (Å²) in [6.07, 6.45) is 1.35. The molecule has 0 aliphatic rings. The van der Waals surface area contributed by atoms with Crippen LogP contribution in [0, 0.1) is 0 Å². The van der Waals surface area contributed by atoms with Gasteiger partial charge in [0.05, 0.1) is 18.4 Å². The van der Waals surface area contributed by atoms with Crippen molar-refractivity contribution in [3.8, 4) is 0 Å². The van der Waals surface area contributed by atoms with Crippen LogP contribution in [-0.2, 0) is 0 Å². The van der Waals surface area contributed by atoms with Crippen LogP contribution in [0.15, 0.2) is 66.9 Å². The molecule has 0 saturated carbocycles. The maximum atomic E-state index is 10.2. The van der Waals surface area contributed by atoms with E-state index < -0.39 is 6.10 Å². The lowest BCUT2D eigenvalue weighted by Gasteiger charge is -2.20. The van der Waals surface area contributed by atoms with Gasteiger partial charge in [-0.15, -0.1) is 0 Å². The molecule has 1 heterocycles. The average Bonchev–Trinajstić information content (AvgIpc) is 2.50. The largest absolute Gasteiger partial charge is 0.395 e. The fraction of sp³-hybridized carbons (Fsp3) is 0.235. The monoisotopic (exact) mass is 269 g/mol. The molecular formula is C17H19NO2. The number of pyridine rings is 1. The van der Waals surface area contributed by atoms with Gasteiger partial charge in [0.2, 0.25) is 0 Å². The maximum Gasteiger partial charge on any atom is 0.0996 e. The Balaban J connectivity index is 2.07. The third-order valence-corrected chi connectivity index (χ3v) is 3.36. The number of aliphatic hydroxyl groups excluding tert-OH is 2. The Kier molecular flexibility index (Phi) is 5.04.